The van der Waals surface area contributed by atoms with Crippen molar-refractivity contribution in [2.45, 2.75) is 25.9 Å². The number of fused-ring (bicyclic) bond motifs is 1. The summed E-state index contributed by atoms with van der Waals surface area (Å²) in [7, 11) is 0. The lowest BCUT2D eigenvalue weighted by atomic mass is 9.93. The van der Waals surface area contributed by atoms with Crippen molar-refractivity contribution in [3.8, 4) is 21.7 Å². The molecule has 1 unspecified atom stereocenters. The average Bonchev–Trinajstić information content (AvgIpc) is 3.54. The van der Waals surface area contributed by atoms with Gasteiger partial charge in [-0.05, 0) is 46.7 Å². The summed E-state index contributed by atoms with van der Waals surface area (Å²) in [4.78, 5) is 9.14. The summed E-state index contributed by atoms with van der Waals surface area (Å²) in [6.45, 7) is 3.07. The Labute approximate surface area is 204 Å². The highest BCUT2D eigenvalue weighted by Gasteiger charge is 2.18. The van der Waals surface area contributed by atoms with Crippen molar-refractivity contribution in [2.75, 3.05) is 11.9 Å². The van der Waals surface area contributed by atoms with Gasteiger partial charge in [-0.3, -0.25) is 4.68 Å². The predicted octanol–water partition coefficient (Wildman–Crippen LogP) is 5.42. The number of nitrogens with zero attached hydrogens (tertiary/aromatic N) is 5. The summed E-state index contributed by atoms with van der Waals surface area (Å²) in [5.74, 6) is -0.524. The number of hydrogen-bond donors (Lipinski definition) is 2. The molecule has 0 saturated carbocycles. The van der Waals surface area contributed by atoms with Crippen molar-refractivity contribution in [1.29, 1.82) is 0 Å². The van der Waals surface area contributed by atoms with Crippen molar-refractivity contribution in [2.24, 2.45) is 5.73 Å². The molecule has 10 heteroatoms. The van der Waals surface area contributed by atoms with E-state index in [1.165, 1.54) is 23.5 Å². The molecule has 0 spiro atoms. The van der Waals surface area contributed by atoms with E-state index in [9.17, 15) is 8.78 Å². The molecule has 2 aromatic carbocycles. The summed E-state index contributed by atoms with van der Waals surface area (Å²) in [6.07, 6.45) is 5.25. The first-order valence-corrected chi connectivity index (χ1v) is 12.0. The fraction of sp³-hybridized carbons (Fsp3) is 0.200. The van der Waals surface area contributed by atoms with Gasteiger partial charge in [0.25, 0.3) is 0 Å². The van der Waals surface area contributed by atoms with Crippen LogP contribution in [0.15, 0.2) is 61.1 Å². The molecule has 0 saturated heterocycles. The molecule has 0 amide bonds. The second-order valence-electron chi connectivity index (χ2n) is 8.06. The first-order valence-electron chi connectivity index (χ1n) is 11.2. The van der Waals surface area contributed by atoms with E-state index < -0.39 is 5.82 Å². The summed E-state index contributed by atoms with van der Waals surface area (Å²) in [5.41, 5.74) is 9.02. The molecule has 3 N–H and O–H groups in total. The van der Waals surface area contributed by atoms with Gasteiger partial charge >= 0.3 is 0 Å². The van der Waals surface area contributed by atoms with Crippen molar-refractivity contribution < 1.29 is 8.78 Å². The molecule has 0 bridgehead atoms. The fourth-order valence-corrected chi connectivity index (χ4v) is 5.13. The summed E-state index contributed by atoms with van der Waals surface area (Å²) >= 11 is 1.41. The zero-order valence-electron chi connectivity index (χ0n) is 18.9. The second kappa shape index (κ2) is 9.85. The van der Waals surface area contributed by atoms with E-state index in [1.54, 1.807) is 23.1 Å². The number of benzene rings is 2. The molecule has 3 heterocycles. The highest BCUT2D eigenvalue weighted by Crippen LogP contribution is 2.41. The van der Waals surface area contributed by atoms with E-state index in [4.69, 9.17) is 5.73 Å². The van der Waals surface area contributed by atoms with Crippen molar-refractivity contribution in [3.63, 3.8) is 0 Å². The monoisotopic (exact) mass is 491 g/mol. The molecule has 178 valence electrons. The third-order valence-electron chi connectivity index (χ3n) is 5.76. The van der Waals surface area contributed by atoms with Crippen LogP contribution in [0.2, 0.25) is 0 Å². The Morgan fingerprint density at radius 1 is 1.14 bits per heavy atom. The van der Waals surface area contributed by atoms with E-state index in [1.807, 2.05) is 31.2 Å². The molecule has 0 aliphatic heterocycles. The molecule has 0 fully saturated rings. The first kappa shape index (κ1) is 23.0. The Bertz CT molecular complexity index is 1470. The molecule has 35 heavy (non-hydrogen) atoms. The van der Waals surface area contributed by atoms with Gasteiger partial charge in [-0.1, -0.05) is 36.4 Å². The number of anilines is 1. The van der Waals surface area contributed by atoms with Crippen LogP contribution in [0.4, 0.5) is 14.7 Å². The van der Waals surface area contributed by atoms with Crippen LogP contribution in [0.5, 0.6) is 0 Å². The highest BCUT2D eigenvalue weighted by molar-refractivity contribution is 7.22. The lowest BCUT2D eigenvalue weighted by molar-refractivity contribution is 0.604. The molecule has 0 aliphatic carbocycles. The van der Waals surface area contributed by atoms with E-state index >= 15 is 0 Å². The van der Waals surface area contributed by atoms with Gasteiger partial charge in [-0.25, -0.2) is 18.7 Å². The van der Waals surface area contributed by atoms with Gasteiger partial charge in [0.05, 0.1) is 23.8 Å². The van der Waals surface area contributed by atoms with E-state index in [2.05, 4.69) is 25.6 Å². The van der Waals surface area contributed by atoms with Crippen LogP contribution in [-0.4, -0.2) is 31.5 Å². The molecule has 0 aliphatic rings. The minimum absolute atomic E-state index is 0.208. The minimum atomic E-state index is -0.514. The highest BCUT2D eigenvalue weighted by atomic mass is 32.1. The summed E-state index contributed by atoms with van der Waals surface area (Å²) < 4.78 is 31.6. The summed E-state index contributed by atoms with van der Waals surface area (Å²) in [6, 6.07) is 12.2. The number of nitrogens with one attached hydrogen (secondary N) is 1. The second-order valence-corrected chi connectivity index (χ2v) is 9.12. The molecule has 5 rings (SSSR count). The minimum Gasteiger partial charge on any atom is -0.352 e. The predicted molar refractivity (Wildman–Crippen MR) is 134 cm³/mol. The Balaban J connectivity index is 1.51. The molecule has 0 radical (unpaired) electrons. The average molecular weight is 492 g/mol. The van der Waals surface area contributed by atoms with E-state index in [0.29, 0.717) is 23.9 Å². The van der Waals surface area contributed by atoms with Gasteiger partial charge in [-0.15, -0.1) is 16.4 Å². The van der Waals surface area contributed by atoms with Crippen molar-refractivity contribution >= 4 is 27.4 Å². The molecular formula is C25H23F2N7S. The van der Waals surface area contributed by atoms with E-state index in [-0.39, 0.29) is 17.6 Å². The number of hydrogen-bond acceptors (Lipinski definition) is 7. The third kappa shape index (κ3) is 4.75. The molecule has 3 aromatic heterocycles. The van der Waals surface area contributed by atoms with Gasteiger partial charge in [0, 0.05) is 23.5 Å². The Kier molecular flexibility index (Phi) is 6.47. The lowest BCUT2D eigenvalue weighted by Gasteiger charge is -2.16. The number of aromatic nitrogens is 5. The Hall–Kier alpha value is -3.76. The van der Waals surface area contributed by atoms with Crippen LogP contribution >= 0.6 is 11.3 Å². The molecule has 7 nitrogen and oxygen atoms in total. The Morgan fingerprint density at radius 2 is 2.03 bits per heavy atom. The van der Waals surface area contributed by atoms with Crippen LogP contribution in [0.25, 0.3) is 31.8 Å². The standard InChI is InChI=1S/C25H23F2N7S/c1-2-21(28)17-7-6-16(26)13-19(17)18-5-3-4-15-12-22(35-24(15)18)23-20(27)14-30-25(32-23)29-8-10-34-11-9-31-33-34/h3-7,9,11-14,21H,2,8,10,28H2,1H3,(H,29,30,32). The third-order valence-corrected chi connectivity index (χ3v) is 6.95. The largest absolute Gasteiger partial charge is 0.352 e. The van der Waals surface area contributed by atoms with Gasteiger partial charge < -0.3 is 11.1 Å². The lowest BCUT2D eigenvalue weighted by Crippen LogP contribution is -2.13. The van der Waals surface area contributed by atoms with Crippen molar-refractivity contribution in [1.82, 2.24) is 25.0 Å². The fourth-order valence-electron chi connectivity index (χ4n) is 3.96. The maximum Gasteiger partial charge on any atom is 0.223 e. The van der Waals surface area contributed by atoms with Gasteiger partial charge in [0.15, 0.2) is 5.82 Å². The SMILES string of the molecule is CCC(N)c1ccc(F)cc1-c1cccc2cc(-c3nc(NCCn4ccnn4)ncc3F)sc12. The van der Waals surface area contributed by atoms with Crippen LogP contribution in [0, 0.1) is 11.6 Å². The molecular weight excluding hydrogens is 468 g/mol. The van der Waals surface area contributed by atoms with Crippen LogP contribution in [0.1, 0.15) is 24.9 Å². The maximum atomic E-state index is 14.8. The zero-order chi connectivity index (χ0) is 24.4. The smallest absolute Gasteiger partial charge is 0.223 e. The van der Waals surface area contributed by atoms with E-state index in [0.717, 1.165) is 39.4 Å². The maximum absolute atomic E-state index is 14.8. The van der Waals surface area contributed by atoms with Gasteiger partial charge in [-0.2, -0.15) is 0 Å². The van der Waals surface area contributed by atoms with Crippen LogP contribution < -0.4 is 11.1 Å². The molecule has 5 aromatic rings. The first-order chi connectivity index (χ1) is 17.0. The quantitative estimate of drug-likeness (QED) is 0.301. The van der Waals surface area contributed by atoms with Crippen LogP contribution in [0.3, 0.4) is 0 Å². The normalized spacial score (nSPS) is 12.2. The number of halogens is 2. The number of nitrogens with two attached hydrogens (primary N) is 1. The van der Waals surface area contributed by atoms with Crippen LogP contribution in [-0.2, 0) is 6.54 Å². The molecule has 1 atom stereocenters. The van der Waals surface area contributed by atoms with Gasteiger partial charge in [0.2, 0.25) is 5.95 Å². The zero-order valence-corrected chi connectivity index (χ0v) is 19.8. The van der Waals surface area contributed by atoms with Crippen molar-refractivity contribution in [3.05, 3.63) is 78.3 Å². The Morgan fingerprint density at radius 3 is 2.83 bits per heavy atom. The van der Waals surface area contributed by atoms with Gasteiger partial charge in [0.1, 0.15) is 11.5 Å². The number of thiophene rings is 1. The topological polar surface area (TPSA) is 94.5 Å². The number of rotatable bonds is 8. The summed E-state index contributed by atoms with van der Waals surface area (Å²) in [5, 5.41) is 11.7.